The van der Waals surface area contributed by atoms with Crippen molar-refractivity contribution in [2.24, 2.45) is 5.73 Å². The van der Waals surface area contributed by atoms with E-state index in [0.717, 1.165) is 37.2 Å². The summed E-state index contributed by atoms with van der Waals surface area (Å²) >= 11 is 0. The van der Waals surface area contributed by atoms with Gasteiger partial charge in [-0.05, 0) is 56.0 Å². The maximum Gasteiger partial charge on any atom is 0.255 e. The Kier molecular flexibility index (Phi) is 5.03. The van der Waals surface area contributed by atoms with Gasteiger partial charge >= 0.3 is 0 Å². The molecule has 0 saturated carbocycles. The number of anilines is 2. The van der Waals surface area contributed by atoms with Gasteiger partial charge < -0.3 is 16.0 Å². The Morgan fingerprint density at radius 1 is 1.04 bits per heavy atom. The highest BCUT2D eigenvalue weighted by atomic mass is 16.2. The standard InChI is InChI=1S/C20H23N3O2/c1-14-7-3-4-8-16(14)20(25)22-17-13-15(19(21)24)9-10-18(17)23-11-5-2-6-12-23/h3-4,7-10,13H,2,5-6,11-12H2,1H3,(H2,21,24)(H,22,25). The number of nitrogens with zero attached hydrogens (tertiary/aromatic N) is 1. The van der Waals surface area contributed by atoms with Gasteiger partial charge in [0.25, 0.3) is 5.91 Å². The van der Waals surface area contributed by atoms with Crippen molar-refractivity contribution in [3.63, 3.8) is 0 Å². The average molecular weight is 337 g/mol. The molecule has 1 aliphatic rings. The second-order valence-electron chi connectivity index (χ2n) is 6.41. The molecule has 0 bridgehead atoms. The number of hydrogen-bond donors (Lipinski definition) is 2. The minimum Gasteiger partial charge on any atom is -0.370 e. The molecule has 1 aliphatic heterocycles. The van der Waals surface area contributed by atoms with E-state index in [9.17, 15) is 9.59 Å². The first-order valence-corrected chi connectivity index (χ1v) is 8.62. The summed E-state index contributed by atoms with van der Waals surface area (Å²) < 4.78 is 0. The monoisotopic (exact) mass is 337 g/mol. The van der Waals surface area contributed by atoms with Crippen LogP contribution in [0.15, 0.2) is 42.5 Å². The Labute approximate surface area is 147 Å². The molecule has 25 heavy (non-hydrogen) atoms. The van der Waals surface area contributed by atoms with Crippen molar-refractivity contribution in [2.45, 2.75) is 26.2 Å². The maximum absolute atomic E-state index is 12.7. The quantitative estimate of drug-likeness (QED) is 0.898. The lowest BCUT2D eigenvalue weighted by molar-refractivity contribution is 0.0996. The molecule has 0 spiro atoms. The summed E-state index contributed by atoms with van der Waals surface area (Å²) in [4.78, 5) is 26.5. The highest BCUT2D eigenvalue weighted by Gasteiger charge is 2.18. The summed E-state index contributed by atoms with van der Waals surface area (Å²) in [5.41, 5.74) is 8.90. The topological polar surface area (TPSA) is 75.4 Å². The number of amides is 2. The van der Waals surface area contributed by atoms with E-state index >= 15 is 0 Å². The van der Waals surface area contributed by atoms with Crippen molar-refractivity contribution in [3.8, 4) is 0 Å². The number of primary amides is 1. The fourth-order valence-electron chi connectivity index (χ4n) is 3.22. The van der Waals surface area contributed by atoms with E-state index in [-0.39, 0.29) is 5.91 Å². The van der Waals surface area contributed by atoms with Crippen LogP contribution < -0.4 is 16.0 Å². The number of nitrogens with two attached hydrogens (primary N) is 1. The third kappa shape index (κ3) is 3.82. The first-order valence-electron chi connectivity index (χ1n) is 8.62. The minimum atomic E-state index is -0.503. The van der Waals surface area contributed by atoms with Gasteiger partial charge in [-0.25, -0.2) is 0 Å². The van der Waals surface area contributed by atoms with E-state index in [1.165, 1.54) is 6.42 Å². The molecule has 1 heterocycles. The molecule has 0 aliphatic carbocycles. The fraction of sp³-hybridized carbons (Fsp3) is 0.300. The summed E-state index contributed by atoms with van der Waals surface area (Å²) in [6.07, 6.45) is 3.48. The lowest BCUT2D eigenvalue weighted by atomic mass is 10.1. The Morgan fingerprint density at radius 3 is 2.44 bits per heavy atom. The summed E-state index contributed by atoms with van der Waals surface area (Å²) in [7, 11) is 0. The Hall–Kier alpha value is -2.82. The van der Waals surface area contributed by atoms with Crippen LogP contribution >= 0.6 is 0 Å². The Bertz CT molecular complexity index is 795. The summed E-state index contributed by atoms with van der Waals surface area (Å²) in [6, 6.07) is 12.7. The van der Waals surface area contributed by atoms with Crippen LogP contribution in [0.4, 0.5) is 11.4 Å². The predicted molar refractivity (Wildman–Crippen MR) is 100 cm³/mol. The smallest absolute Gasteiger partial charge is 0.255 e. The number of benzene rings is 2. The van der Waals surface area contributed by atoms with Gasteiger partial charge in [0, 0.05) is 24.2 Å². The molecule has 5 nitrogen and oxygen atoms in total. The van der Waals surface area contributed by atoms with Crippen LogP contribution in [0, 0.1) is 6.92 Å². The number of piperidine rings is 1. The lowest BCUT2D eigenvalue weighted by Gasteiger charge is -2.30. The molecular formula is C20H23N3O2. The van der Waals surface area contributed by atoms with Gasteiger partial charge in [0.1, 0.15) is 0 Å². The number of aryl methyl sites for hydroxylation is 1. The number of rotatable bonds is 4. The molecule has 2 amide bonds. The minimum absolute atomic E-state index is 0.182. The molecule has 3 rings (SSSR count). The molecule has 3 N–H and O–H groups in total. The van der Waals surface area contributed by atoms with Crippen LogP contribution in [0.5, 0.6) is 0 Å². The van der Waals surface area contributed by atoms with E-state index in [1.54, 1.807) is 18.2 Å². The van der Waals surface area contributed by atoms with E-state index in [0.29, 0.717) is 16.8 Å². The van der Waals surface area contributed by atoms with Crippen molar-refractivity contribution >= 4 is 23.2 Å². The Balaban J connectivity index is 1.94. The Morgan fingerprint density at radius 2 is 1.76 bits per heavy atom. The predicted octanol–water partition coefficient (Wildman–Crippen LogP) is 3.34. The van der Waals surface area contributed by atoms with Gasteiger partial charge in [-0.1, -0.05) is 18.2 Å². The molecule has 130 valence electrons. The van der Waals surface area contributed by atoms with Gasteiger partial charge in [0.05, 0.1) is 11.4 Å². The molecule has 1 saturated heterocycles. The largest absolute Gasteiger partial charge is 0.370 e. The fourth-order valence-corrected chi connectivity index (χ4v) is 3.22. The second kappa shape index (κ2) is 7.38. The average Bonchev–Trinajstić information content (AvgIpc) is 2.62. The molecule has 0 radical (unpaired) electrons. The van der Waals surface area contributed by atoms with Gasteiger partial charge in [0.2, 0.25) is 5.91 Å². The van der Waals surface area contributed by atoms with Crippen LogP contribution in [0.25, 0.3) is 0 Å². The number of carbonyl (C=O) groups excluding carboxylic acids is 2. The molecule has 0 unspecified atom stereocenters. The van der Waals surface area contributed by atoms with Crippen LogP contribution in [0.3, 0.4) is 0 Å². The van der Waals surface area contributed by atoms with Crippen LogP contribution in [-0.4, -0.2) is 24.9 Å². The molecule has 2 aromatic carbocycles. The van der Waals surface area contributed by atoms with Crippen molar-refractivity contribution in [3.05, 3.63) is 59.2 Å². The van der Waals surface area contributed by atoms with Gasteiger partial charge in [0.15, 0.2) is 0 Å². The molecule has 1 fully saturated rings. The van der Waals surface area contributed by atoms with Gasteiger partial charge in [-0.15, -0.1) is 0 Å². The zero-order valence-electron chi connectivity index (χ0n) is 14.4. The summed E-state index contributed by atoms with van der Waals surface area (Å²) in [5.74, 6) is -0.686. The van der Waals surface area contributed by atoms with E-state index in [2.05, 4.69) is 10.2 Å². The first-order chi connectivity index (χ1) is 12.1. The van der Waals surface area contributed by atoms with Crippen molar-refractivity contribution in [2.75, 3.05) is 23.3 Å². The zero-order valence-corrected chi connectivity index (χ0v) is 14.4. The maximum atomic E-state index is 12.7. The molecule has 2 aromatic rings. The van der Waals surface area contributed by atoms with E-state index in [1.807, 2.05) is 31.2 Å². The van der Waals surface area contributed by atoms with Crippen molar-refractivity contribution < 1.29 is 9.59 Å². The molecule has 5 heteroatoms. The number of carbonyl (C=O) groups is 2. The zero-order chi connectivity index (χ0) is 17.8. The SMILES string of the molecule is Cc1ccccc1C(=O)Nc1cc(C(N)=O)ccc1N1CCCCC1. The van der Waals surface area contributed by atoms with Gasteiger partial charge in [-0.3, -0.25) is 9.59 Å². The van der Waals surface area contributed by atoms with Crippen LogP contribution in [-0.2, 0) is 0 Å². The van der Waals surface area contributed by atoms with E-state index < -0.39 is 5.91 Å². The highest BCUT2D eigenvalue weighted by Crippen LogP contribution is 2.30. The number of nitrogens with one attached hydrogen (secondary N) is 1. The van der Waals surface area contributed by atoms with Crippen LogP contribution in [0.2, 0.25) is 0 Å². The number of hydrogen-bond acceptors (Lipinski definition) is 3. The van der Waals surface area contributed by atoms with Crippen molar-refractivity contribution in [1.82, 2.24) is 0 Å². The summed E-state index contributed by atoms with van der Waals surface area (Å²) in [5, 5.41) is 2.97. The molecule has 0 atom stereocenters. The third-order valence-corrected chi connectivity index (χ3v) is 4.62. The normalized spacial score (nSPS) is 14.2. The van der Waals surface area contributed by atoms with Crippen LogP contribution in [0.1, 0.15) is 45.5 Å². The second-order valence-corrected chi connectivity index (χ2v) is 6.41. The summed E-state index contributed by atoms with van der Waals surface area (Å²) in [6.45, 7) is 3.80. The van der Waals surface area contributed by atoms with E-state index in [4.69, 9.17) is 5.73 Å². The lowest BCUT2D eigenvalue weighted by Crippen LogP contribution is -2.30. The van der Waals surface area contributed by atoms with Crippen molar-refractivity contribution in [1.29, 1.82) is 0 Å². The highest BCUT2D eigenvalue weighted by molar-refractivity contribution is 6.07. The third-order valence-electron chi connectivity index (χ3n) is 4.62. The molecule has 0 aromatic heterocycles. The first kappa shape index (κ1) is 17.0. The van der Waals surface area contributed by atoms with Gasteiger partial charge in [-0.2, -0.15) is 0 Å². The molecular weight excluding hydrogens is 314 g/mol.